The maximum atomic E-state index is 5.44. The van der Waals surface area contributed by atoms with E-state index in [2.05, 4.69) is 59.5 Å². The summed E-state index contributed by atoms with van der Waals surface area (Å²) in [6, 6.07) is 14.6. The fourth-order valence-corrected chi connectivity index (χ4v) is 3.05. The van der Waals surface area contributed by atoms with Gasteiger partial charge in [0.2, 0.25) is 0 Å². The minimum atomic E-state index is 0.716. The molecule has 3 nitrogen and oxygen atoms in total. The van der Waals surface area contributed by atoms with Crippen molar-refractivity contribution in [1.82, 2.24) is 0 Å². The molecule has 0 saturated carbocycles. The third-order valence-corrected chi connectivity index (χ3v) is 4.40. The molecule has 3 rings (SSSR count). The molecular formula is C18H20N2OS. The Morgan fingerprint density at radius 2 is 1.86 bits per heavy atom. The van der Waals surface area contributed by atoms with Crippen LogP contribution in [0.3, 0.4) is 0 Å². The van der Waals surface area contributed by atoms with Crippen LogP contribution < -0.4 is 10.8 Å². The Morgan fingerprint density at radius 1 is 1.05 bits per heavy atom. The molecule has 0 atom stereocenters. The van der Waals surface area contributed by atoms with Crippen LogP contribution in [-0.4, -0.2) is 19.4 Å². The molecule has 1 heterocycles. The second kappa shape index (κ2) is 7.38. The topological polar surface area (TPSA) is 33.3 Å². The van der Waals surface area contributed by atoms with Crippen molar-refractivity contribution in [3.63, 3.8) is 0 Å². The average molecular weight is 312 g/mol. The molecule has 0 unspecified atom stereocenters. The molecule has 2 aromatic carbocycles. The van der Waals surface area contributed by atoms with E-state index in [1.165, 1.54) is 10.5 Å². The lowest BCUT2D eigenvalue weighted by molar-refractivity contribution is 0.191. The number of para-hydroxylation sites is 1. The van der Waals surface area contributed by atoms with Gasteiger partial charge >= 0.3 is 0 Å². The summed E-state index contributed by atoms with van der Waals surface area (Å²) in [5, 5.41) is 3.50. The standard InChI is InChI=1S/C18H20N2OS/c1-22-17-9-3-2-6-14(17)10-11-15-7-4-8-16-18(15)19-12-5-13-21-20-16/h2-4,6-11,19-20H,5,12-13H2,1H3/b11-10+. The van der Waals surface area contributed by atoms with Crippen molar-refractivity contribution in [2.75, 3.05) is 30.2 Å². The smallest absolute Gasteiger partial charge is 0.0842 e. The quantitative estimate of drug-likeness (QED) is 0.633. The van der Waals surface area contributed by atoms with Crippen LogP contribution in [0.15, 0.2) is 47.4 Å². The largest absolute Gasteiger partial charge is 0.383 e. The predicted octanol–water partition coefficient (Wildman–Crippen LogP) is 4.74. The van der Waals surface area contributed by atoms with Gasteiger partial charge in [-0.25, -0.2) is 0 Å². The number of nitrogens with one attached hydrogen (secondary N) is 2. The number of hydrogen-bond donors (Lipinski definition) is 2. The maximum absolute atomic E-state index is 5.44. The highest BCUT2D eigenvalue weighted by molar-refractivity contribution is 7.98. The van der Waals surface area contributed by atoms with Gasteiger partial charge in [-0.2, -0.15) is 0 Å². The van der Waals surface area contributed by atoms with E-state index in [0.29, 0.717) is 6.61 Å². The molecule has 0 radical (unpaired) electrons. The van der Waals surface area contributed by atoms with Gasteiger partial charge in [0.1, 0.15) is 0 Å². The first-order chi connectivity index (χ1) is 10.9. The number of anilines is 2. The lowest BCUT2D eigenvalue weighted by Crippen LogP contribution is -2.15. The van der Waals surface area contributed by atoms with E-state index >= 15 is 0 Å². The average Bonchev–Trinajstić information content (AvgIpc) is 2.54. The van der Waals surface area contributed by atoms with Crippen LogP contribution in [0.2, 0.25) is 0 Å². The Balaban J connectivity index is 1.91. The van der Waals surface area contributed by atoms with Crippen molar-refractivity contribution in [1.29, 1.82) is 0 Å². The Morgan fingerprint density at radius 3 is 2.77 bits per heavy atom. The molecule has 0 fully saturated rings. The number of benzene rings is 2. The highest BCUT2D eigenvalue weighted by Gasteiger charge is 2.09. The molecule has 0 aromatic heterocycles. The Hall–Kier alpha value is -1.91. The van der Waals surface area contributed by atoms with Crippen LogP contribution in [0.1, 0.15) is 17.5 Å². The Kier molecular flexibility index (Phi) is 5.03. The lowest BCUT2D eigenvalue weighted by atomic mass is 10.1. The fraction of sp³-hybridized carbons (Fsp3) is 0.222. The van der Waals surface area contributed by atoms with Gasteiger partial charge < -0.3 is 5.32 Å². The van der Waals surface area contributed by atoms with Gasteiger partial charge in [-0.1, -0.05) is 42.5 Å². The molecule has 22 heavy (non-hydrogen) atoms. The van der Waals surface area contributed by atoms with Crippen LogP contribution in [0.4, 0.5) is 11.4 Å². The van der Waals surface area contributed by atoms with Crippen molar-refractivity contribution in [2.45, 2.75) is 11.3 Å². The lowest BCUT2D eigenvalue weighted by Gasteiger charge is -2.19. The van der Waals surface area contributed by atoms with E-state index < -0.39 is 0 Å². The van der Waals surface area contributed by atoms with Crippen LogP contribution in [0.5, 0.6) is 0 Å². The monoisotopic (exact) mass is 312 g/mol. The van der Waals surface area contributed by atoms with Gasteiger partial charge in [0.15, 0.2) is 0 Å². The molecule has 0 saturated heterocycles. The Bertz CT molecular complexity index is 670. The molecule has 4 heteroatoms. The summed E-state index contributed by atoms with van der Waals surface area (Å²) in [5.74, 6) is 0. The van der Waals surface area contributed by atoms with Gasteiger partial charge in [0.05, 0.1) is 18.0 Å². The minimum Gasteiger partial charge on any atom is -0.383 e. The zero-order chi connectivity index (χ0) is 15.2. The predicted molar refractivity (Wildman–Crippen MR) is 96.3 cm³/mol. The number of rotatable bonds is 3. The summed E-state index contributed by atoms with van der Waals surface area (Å²) in [7, 11) is 0. The van der Waals surface area contributed by atoms with Crippen molar-refractivity contribution >= 4 is 35.3 Å². The maximum Gasteiger partial charge on any atom is 0.0842 e. The fourth-order valence-electron chi connectivity index (χ4n) is 2.46. The van der Waals surface area contributed by atoms with Gasteiger partial charge in [-0.05, 0) is 35.9 Å². The van der Waals surface area contributed by atoms with E-state index in [9.17, 15) is 0 Å². The summed E-state index contributed by atoms with van der Waals surface area (Å²) in [5.41, 5.74) is 7.51. The van der Waals surface area contributed by atoms with E-state index in [4.69, 9.17) is 4.84 Å². The molecule has 0 bridgehead atoms. The van der Waals surface area contributed by atoms with Gasteiger partial charge in [-0.15, -0.1) is 11.8 Å². The number of thioether (sulfide) groups is 1. The van der Waals surface area contributed by atoms with Gasteiger partial charge in [-0.3, -0.25) is 10.3 Å². The summed E-state index contributed by atoms with van der Waals surface area (Å²) < 4.78 is 0. The Labute approximate surface area is 135 Å². The molecule has 1 aliphatic rings. The highest BCUT2D eigenvalue weighted by atomic mass is 32.2. The van der Waals surface area contributed by atoms with E-state index in [0.717, 1.165) is 29.9 Å². The number of hydrogen-bond acceptors (Lipinski definition) is 4. The van der Waals surface area contributed by atoms with Crippen LogP contribution in [0.25, 0.3) is 12.2 Å². The minimum absolute atomic E-state index is 0.716. The molecule has 2 N–H and O–H groups in total. The van der Waals surface area contributed by atoms with Crippen LogP contribution >= 0.6 is 11.8 Å². The highest BCUT2D eigenvalue weighted by Crippen LogP contribution is 2.30. The van der Waals surface area contributed by atoms with E-state index in [-0.39, 0.29) is 0 Å². The third-order valence-electron chi connectivity index (χ3n) is 3.59. The first-order valence-electron chi connectivity index (χ1n) is 7.44. The second-order valence-corrected chi connectivity index (χ2v) is 5.92. The van der Waals surface area contributed by atoms with E-state index in [1.54, 1.807) is 11.8 Å². The summed E-state index contributed by atoms with van der Waals surface area (Å²) in [6.07, 6.45) is 7.42. The van der Waals surface area contributed by atoms with Crippen molar-refractivity contribution < 1.29 is 4.84 Å². The molecular weight excluding hydrogens is 292 g/mol. The van der Waals surface area contributed by atoms with Crippen molar-refractivity contribution in [3.8, 4) is 0 Å². The normalized spacial score (nSPS) is 14.6. The molecule has 0 amide bonds. The second-order valence-electron chi connectivity index (χ2n) is 5.08. The SMILES string of the molecule is CSc1ccccc1/C=C/c1cccc2c1NCCCON2. The summed E-state index contributed by atoms with van der Waals surface area (Å²) >= 11 is 1.77. The van der Waals surface area contributed by atoms with Gasteiger partial charge in [0, 0.05) is 11.4 Å². The molecule has 0 spiro atoms. The first kappa shape index (κ1) is 15.0. The van der Waals surface area contributed by atoms with Gasteiger partial charge in [0.25, 0.3) is 0 Å². The zero-order valence-corrected chi connectivity index (χ0v) is 13.5. The van der Waals surface area contributed by atoms with Crippen LogP contribution in [-0.2, 0) is 4.84 Å². The molecule has 1 aliphatic heterocycles. The first-order valence-corrected chi connectivity index (χ1v) is 8.67. The van der Waals surface area contributed by atoms with Crippen molar-refractivity contribution in [2.24, 2.45) is 0 Å². The summed E-state index contributed by atoms with van der Waals surface area (Å²) in [6.45, 7) is 1.63. The zero-order valence-electron chi connectivity index (χ0n) is 12.6. The number of fused-ring (bicyclic) bond motifs is 1. The molecule has 2 aromatic rings. The summed E-state index contributed by atoms with van der Waals surface area (Å²) in [4.78, 5) is 6.72. The third kappa shape index (κ3) is 3.46. The molecule has 0 aliphatic carbocycles. The van der Waals surface area contributed by atoms with E-state index in [1.807, 2.05) is 12.1 Å². The van der Waals surface area contributed by atoms with Crippen molar-refractivity contribution in [3.05, 3.63) is 53.6 Å². The van der Waals surface area contributed by atoms with Crippen LogP contribution in [0, 0.1) is 0 Å². The molecule has 114 valence electrons.